The first kappa shape index (κ1) is 7.00. The Morgan fingerprint density at radius 1 is 1.55 bits per heavy atom. The van der Waals surface area contributed by atoms with E-state index in [0.29, 0.717) is 0 Å². The molecular formula is C8H7NS2. The number of rotatable bonds is 1. The number of thiazole rings is 1. The molecular weight excluding hydrogens is 174 g/mol. The van der Waals surface area contributed by atoms with Gasteiger partial charge in [0.2, 0.25) is 0 Å². The second-order valence-corrected chi connectivity index (χ2v) is 4.37. The summed E-state index contributed by atoms with van der Waals surface area (Å²) in [5.74, 6) is 0. The minimum absolute atomic E-state index is 1.13. The Kier molecular flexibility index (Phi) is 1.75. The van der Waals surface area contributed by atoms with E-state index in [9.17, 15) is 0 Å². The highest BCUT2D eigenvalue weighted by Crippen LogP contribution is 2.28. The van der Waals surface area contributed by atoms with Gasteiger partial charge in [0.1, 0.15) is 4.01 Å². The molecule has 0 aliphatic carbocycles. The van der Waals surface area contributed by atoms with E-state index in [1.807, 2.05) is 12.4 Å². The molecule has 0 aliphatic rings. The summed E-state index contributed by atoms with van der Waals surface area (Å²) < 4.78 is 1.32. The van der Waals surface area contributed by atoms with Crippen molar-refractivity contribution in [1.29, 1.82) is 0 Å². The molecule has 0 bridgehead atoms. The number of fused-ring (bicyclic) bond motifs is 1. The Labute approximate surface area is 73.0 Å². The van der Waals surface area contributed by atoms with Crippen molar-refractivity contribution in [2.24, 2.45) is 0 Å². The second kappa shape index (κ2) is 2.75. The summed E-state index contributed by atoms with van der Waals surface area (Å²) >= 11 is 3.51. The second-order valence-electron chi connectivity index (χ2n) is 2.17. The van der Waals surface area contributed by atoms with E-state index in [-0.39, 0.29) is 0 Å². The molecule has 0 atom stereocenters. The molecule has 0 N–H and O–H groups in total. The van der Waals surface area contributed by atoms with Gasteiger partial charge in [0.05, 0.1) is 11.0 Å². The summed E-state index contributed by atoms with van der Waals surface area (Å²) in [5, 5.41) is 0. The third kappa shape index (κ3) is 1.21. The van der Waals surface area contributed by atoms with Gasteiger partial charge in [-0.05, 0) is 19.1 Å². The molecule has 2 aromatic rings. The van der Waals surface area contributed by atoms with E-state index >= 15 is 0 Å². The van der Waals surface area contributed by atoms with E-state index < -0.39 is 0 Å². The molecule has 0 saturated heterocycles. The Balaban J connectivity index is 2.58. The average molecular weight is 181 g/mol. The van der Waals surface area contributed by atoms with Crippen molar-refractivity contribution in [2.45, 2.75) is 6.92 Å². The molecule has 1 nitrogen and oxygen atoms in total. The highest BCUT2D eigenvalue weighted by atomic mass is 32.2. The summed E-state index contributed by atoms with van der Waals surface area (Å²) in [5.41, 5.74) is 3.02. The number of hydrogen-bond acceptors (Lipinski definition) is 3. The maximum atomic E-state index is 4.22. The predicted molar refractivity (Wildman–Crippen MR) is 52.2 cm³/mol. The van der Waals surface area contributed by atoms with Crippen molar-refractivity contribution in [1.82, 2.24) is 4.98 Å². The molecule has 0 radical (unpaired) electrons. The monoisotopic (exact) mass is 181 g/mol. The largest absolute Gasteiger partial charge is 0.244 e. The Morgan fingerprint density at radius 3 is 3.18 bits per heavy atom. The van der Waals surface area contributed by atoms with Crippen molar-refractivity contribution < 1.29 is 0 Å². The van der Waals surface area contributed by atoms with Crippen LogP contribution in [0.3, 0.4) is 0 Å². The van der Waals surface area contributed by atoms with Gasteiger partial charge in [0.25, 0.3) is 0 Å². The van der Waals surface area contributed by atoms with Crippen LogP contribution >= 0.6 is 22.7 Å². The van der Waals surface area contributed by atoms with Gasteiger partial charge in [-0.25, -0.2) is 4.98 Å². The summed E-state index contributed by atoms with van der Waals surface area (Å²) in [6.07, 6.45) is 4.16. The van der Waals surface area contributed by atoms with Gasteiger partial charge in [-0.1, -0.05) is 6.08 Å². The highest BCUT2D eigenvalue weighted by molar-refractivity contribution is 7.37. The molecule has 0 unspecified atom stereocenters. The van der Waals surface area contributed by atoms with Crippen molar-refractivity contribution in [2.75, 3.05) is 0 Å². The highest BCUT2D eigenvalue weighted by Gasteiger charge is 1.99. The fourth-order valence-corrected chi connectivity index (χ4v) is 2.84. The lowest BCUT2D eigenvalue weighted by Gasteiger charge is -1.76. The van der Waals surface area contributed by atoms with E-state index in [2.05, 4.69) is 23.2 Å². The number of allylic oxidation sites excluding steroid dienone is 1. The molecule has 0 amide bonds. The zero-order chi connectivity index (χ0) is 7.68. The van der Waals surface area contributed by atoms with Crippen LogP contribution < -0.4 is 0 Å². The van der Waals surface area contributed by atoms with E-state index in [1.165, 1.54) is 8.89 Å². The summed E-state index contributed by atoms with van der Waals surface area (Å²) in [4.78, 5) is 5.51. The van der Waals surface area contributed by atoms with Crippen LogP contribution in [0.2, 0.25) is 0 Å². The minimum atomic E-state index is 1.13. The first-order valence-electron chi connectivity index (χ1n) is 3.36. The Hall–Kier alpha value is -0.670. The average Bonchev–Trinajstić information content (AvgIpc) is 2.46. The SMILES string of the molecule is C/C=C/c1cc2ncsc2s1. The molecule has 11 heavy (non-hydrogen) atoms. The summed E-state index contributed by atoms with van der Waals surface area (Å²) in [6, 6.07) is 2.12. The standard InChI is InChI=1S/C8H7NS2/c1-2-3-6-4-7-8(11-6)10-5-9-7/h2-5H,1H3/b3-2+. The van der Waals surface area contributed by atoms with Gasteiger partial charge in [-0.15, -0.1) is 22.7 Å². The fourth-order valence-electron chi connectivity index (χ4n) is 0.934. The zero-order valence-corrected chi connectivity index (χ0v) is 7.71. The molecule has 0 spiro atoms. The molecule has 2 rings (SSSR count). The van der Waals surface area contributed by atoms with Gasteiger partial charge < -0.3 is 0 Å². The van der Waals surface area contributed by atoms with Crippen LogP contribution in [0.15, 0.2) is 17.7 Å². The summed E-state index contributed by atoms with van der Waals surface area (Å²) in [6.45, 7) is 2.03. The summed E-state index contributed by atoms with van der Waals surface area (Å²) in [7, 11) is 0. The fraction of sp³-hybridized carbons (Fsp3) is 0.125. The number of hydrogen-bond donors (Lipinski definition) is 0. The molecule has 56 valence electrons. The predicted octanol–water partition coefficient (Wildman–Crippen LogP) is 3.39. The first-order chi connectivity index (χ1) is 5.40. The maximum absolute atomic E-state index is 4.22. The van der Waals surface area contributed by atoms with Gasteiger partial charge >= 0.3 is 0 Å². The van der Waals surface area contributed by atoms with Crippen molar-refractivity contribution >= 4 is 38.3 Å². The van der Waals surface area contributed by atoms with Crippen LogP contribution in [-0.4, -0.2) is 4.98 Å². The molecule has 2 heterocycles. The first-order valence-corrected chi connectivity index (χ1v) is 5.05. The molecule has 0 saturated carbocycles. The molecule has 3 heteroatoms. The van der Waals surface area contributed by atoms with Crippen LogP contribution in [0.1, 0.15) is 11.8 Å². The minimum Gasteiger partial charge on any atom is -0.244 e. The topological polar surface area (TPSA) is 12.9 Å². The van der Waals surface area contributed by atoms with Gasteiger partial charge in [-0.2, -0.15) is 0 Å². The van der Waals surface area contributed by atoms with E-state index in [1.54, 1.807) is 22.7 Å². The third-order valence-corrected chi connectivity index (χ3v) is 3.44. The quantitative estimate of drug-likeness (QED) is 0.657. The van der Waals surface area contributed by atoms with Crippen molar-refractivity contribution in [3.8, 4) is 0 Å². The third-order valence-electron chi connectivity index (χ3n) is 1.38. The molecule has 0 aliphatic heterocycles. The number of aromatic nitrogens is 1. The van der Waals surface area contributed by atoms with Crippen LogP contribution in [-0.2, 0) is 0 Å². The molecule has 0 aromatic carbocycles. The number of nitrogens with zero attached hydrogens (tertiary/aromatic N) is 1. The zero-order valence-electron chi connectivity index (χ0n) is 6.07. The Morgan fingerprint density at radius 2 is 2.45 bits per heavy atom. The lowest BCUT2D eigenvalue weighted by atomic mass is 10.4. The van der Waals surface area contributed by atoms with Crippen LogP contribution in [0.25, 0.3) is 15.6 Å². The van der Waals surface area contributed by atoms with Crippen LogP contribution in [0.5, 0.6) is 0 Å². The smallest absolute Gasteiger partial charge is 0.107 e. The lowest BCUT2D eigenvalue weighted by Crippen LogP contribution is -1.56. The van der Waals surface area contributed by atoms with Gasteiger partial charge in [-0.3, -0.25) is 0 Å². The number of thiophene rings is 1. The molecule has 2 aromatic heterocycles. The van der Waals surface area contributed by atoms with Gasteiger partial charge in [0.15, 0.2) is 0 Å². The van der Waals surface area contributed by atoms with Crippen LogP contribution in [0.4, 0.5) is 0 Å². The van der Waals surface area contributed by atoms with Gasteiger partial charge in [0, 0.05) is 4.88 Å². The lowest BCUT2D eigenvalue weighted by molar-refractivity contribution is 1.51. The molecule has 0 fully saturated rings. The van der Waals surface area contributed by atoms with E-state index in [4.69, 9.17) is 0 Å². The van der Waals surface area contributed by atoms with Crippen molar-refractivity contribution in [3.63, 3.8) is 0 Å². The van der Waals surface area contributed by atoms with Crippen LogP contribution in [0, 0.1) is 0 Å². The van der Waals surface area contributed by atoms with Crippen molar-refractivity contribution in [3.05, 3.63) is 22.5 Å². The maximum Gasteiger partial charge on any atom is 0.107 e. The Bertz CT molecular complexity index is 355. The normalized spacial score (nSPS) is 11.7. The van der Waals surface area contributed by atoms with E-state index in [0.717, 1.165) is 5.52 Å².